The largest absolute Gasteiger partial charge is 0.393 e. The highest BCUT2D eigenvalue weighted by molar-refractivity contribution is 7.13. The molecule has 0 bridgehead atoms. The molecule has 1 saturated heterocycles. The number of benzene rings is 4. The lowest BCUT2D eigenvalue weighted by Gasteiger charge is -2.35. The van der Waals surface area contributed by atoms with Gasteiger partial charge >= 0.3 is 0 Å². The lowest BCUT2D eigenvalue weighted by atomic mass is 9.85. The van der Waals surface area contributed by atoms with Gasteiger partial charge in [-0.15, -0.1) is 11.3 Å². The molecule has 452 valence electrons. The van der Waals surface area contributed by atoms with Crippen molar-refractivity contribution >= 4 is 46.0 Å². The van der Waals surface area contributed by atoms with Crippen molar-refractivity contribution in [2.45, 2.75) is 122 Å². The molecule has 9 rings (SSSR count). The van der Waals surface area contributed by atoms with Crippen LogP contribution in [0.1, 0.15) is 101 Å². The number of fused-ring (bicyclic) bond motifs is 1. The summed E-state index contributed by atoms with van der Waals surface area (Å²) in [5.74, 6) is 5.07. The molecule has 4 aromatic carbocycles. The fourth-order valence-corrected chi connectivity index (χ4v) is 12.0. The highest BCUT2D eigenvalue weighted by atomic mass is 32.1. The maximum absolute atomic E-state index is 14.0. The van der Waals surface area contributed by atoms with Crippen LogP contribution >= 0.6 is 11.3 Å². The van der Waals surface area contributed by atoms with E-state index in [-0.39, 0.29) is 83.1 Å². The quantitative estimate of drug-likeness (QED) is 0.0236. The van der Waals surface area contributed by atoms with Crippen molar-refractivity contribution in [2.75, 3.05) is 52.7 Å². The maximum atomic E-state index is 14.0. The van der Waals surface area contributed by atoms with Crippen LogP contribution in [-0.4, -0.2) is 135 Å². The average Bonchev–Trinajstić information content (AvgIpc) is 2.50. The summed E-state index contributed by atoms with van der Waals surface area (Å²) in [7, 11) is 0. The average molecular weight is 1190 g/mol. The monoisotopic (exact) mass is 1190 g/mol. The third-order valence-electron chi connectivity index (χ3n) is 15.7. The Labute approximate surface area is 506 Å². The maximum Gasteiger partial charge on any atom is 0.246 e. The number of rotatable bonds is 25. The third-order valence-corrected chi connectivity index (χ3v) is 16.7. The van der Waals surface area contributed by atoms with Crippen LogP contribution in [0.3, 0.4) is 0 Å². The second-order valence-electron chi connectivity index (χ2n) is 23.2. The van der Waals surface area contributed by atoms with Gasteiger partial charge in [0.15, 0.2) is 0 Å². The van der Waals surface area contributed by atoms with Crippen LogP contribution in [0.15, 0.2) is 121 Å². The Balaban J connectivity index is 0.663. The number of aryl methyl sites for hydroxylation is 1. The molecule has 1 saturated carbocycles. The second-order valence-corrected chi connectivity index (χ2v) is 24.0. The van der Waals surface area contributed by atoms with Crippen LogP contribution in [0.4, 0.5) is 0 Å². The molecule has 0 unspecified atom stereocenters. The molecular formula is C67H79N9O9S. The van der Waals surface area contributed by atoms with Crippen molar-refractivity contribution in [3.63, 3.8) is 0 Å². The van der Waals surface area contributed by atoms with E-state index in [0.29, 0.717) is 37.8 Å². The number of carbonyl (C=O) groups excluding carboxylic acids is 4. The zero-order valence-corrected chi connectivity index (χ0v) is 50.4. The Bertz CT molecular complexity index is 3540. The number of carbonyl (C=O) groups is 4. The van der Waals surface area contributed by atoms with Gasteiger partial charge in [0.25, 0.3) is 0 Å². The van der Waals surface area contributed by atoms with E-state index in [1.54, 1.807) is 11.3 Å². The lowest BCUT2D eigenvalue weighted by Crippen LogP contribution is -2.58. The molecule has 86 heavy (non-hydrogen) atoms. The summed E-state index contributed by atoms with van der Waals surface area (Å²) >= 11 is 1.57. The standard InChI is InChI=1S/C67H79N9O9S/c1-45-61(86-44-72-45)51-25-23-47(24-26-51)38-70-65(81)55-37-54(78)40-74(55)66(82)62(67(2,3)4)73-57(80)42-85-35-33-83-32-34-84-41-56(79)69-31-14-6-5-9-16-46-17-15-18-48(36-46)39-75-60(50-21-12-8-13-22-50)58(49-19-10-7-11-20-49)59-63(68)76(43-71-64(59)75)52-27-29-53(77)30-28-52/h7-8,10-13,15,17-26,36,43-44,52-55,62,68,77-78H,5-6,14,27-35,37-42H2,1-4H3,(H,69,79)(H,70,81)(H,73,80)/t52?,53?,54-,55+,62-/m1/s1. The van der Waals surface area contributed by atoms with Crippen molar-refractivity contribution in [1.82, 2.24) is 40.0 Å². The van der Waals surface area contributed by atoms with Gasteiger partial charge in [-0.2, -0.15) is 0 Å². The molecule has 2 fully saturated rings. The second kappa shape index (κ2) is 30.0. The number of nitrogens with one attached hydrogen (secondary N) is 4. The Morgan fingerprint density at radius 3 is 2.14 bits per heavy atom. The van der Waals surface area contributed by atoms with Crippen LogP contribution in [0, 0.1) is 29.6 Å². The minimum Gasteiger partial charge on any atom is -0.393 e. The van der Waals surface area contributed by atoms with Gasteiger partial charge in [-0.25, -0.2) is 9.97 Å². The highest BCUT2D eigenvalue weighted by Crippen LogP contribution is 2.40. The van der Waals surface area contributed by atoms with E-state index in [9.17, 15) is 34.8 Å². The Kier molecular flexibility index (Phi) is 21.9. The number of aliphatic hydroxyl groups is 2. The van der Waals surface area contributed by atoms with Crippen LogP contribution in [0.2, 0.25) is 0 Å². The topological polar surface area (TPSA) is 235 Å². The summed E-state index contributed by atoms with van der Waals surface area (Å²) in [6, 6.07) is 34.9. The van der Waals surface area contributed by atoms with Gasteiger partial charge in [0, 0.05) is 56.2 Å². The first-order chi connectivity index (χ1) is 41.6. The fourth-order valence-electron chi connectivity index (χ4n) is 11.2. The van der Waals surface area contributed by atoms with E-state index in [1.165, 1.54) is 4.90 Å². The number of β-amino-alcohol motifs (C(OH)–C–C–N with tert-alkyl or cyclic N) is 1. The van der Waals surface area contributed by atoms with Crippen molar-refractivity contribution in [3.8, 4) is 44.7 Å². The summed E-state index contributed by atoms with van der Waals surface area (Å²) in [6.45, 7) is 8.89. The first kappa shape index (κ1) is 62.7. The molecule has 7 aromatic rings. The SMILES string of the molecule is Cc1ncsc1-c1ccc(CNC(=O)[C@@H]2C[C@@H](O)CN2C(=O)[C@@H](NC(=O)COCCOCCOCC(=O)NCCCCC#Cc2cccc(Cn3c(-c4ccccc4)c(-c4ccccc4)c4c(=N)n(C5CCC(O)CC5)cnc43)c2)C(C)(C)C)cc1. The summed E-state index contributed by atoms with van der Waals surface area (Å²) < 4.78 is 20.8. The number of hydrogen-bond donors (Lipinski definition) is 6. The van der Waals surface area contributed by atoms with Crippen LogP contribution < -0.4 is 21.4 Å². The molecule has 19 heteroatoms. The molecule has 4 heterocycles. The van der Waals surface area contributed by atoms with Crippen molar-refractivity contribution < 1.29 is 43.6 Å². The van der Waals surface area contributed by atoms with Gasteiger partial charge in [0.2, 0.25) is 23.6 Å². The van der Waals surface area contributed by atoms with Gasteiger partial charge in [-0.1, -0.05) is 130 Å². The molecule has 1 aliphatic carbocycles. The van der Waals surface area contributed by atoms with E-state index in [1.807, 2.05) is 117 Å². The highest BCUT2D eigenvalue weighted by Gasteiger charge is 2.44. The lowest BCUT2D eigenvalue weighted by molar-refractivity contribution is -0.144. The van der Waals surface area contributed by atoms with Gasteiger partial charge in [0.1, 0.15) is 36.4 Å². The smallest absolute Gasteiger partial charge is 0.246 e. The predicted octanol–water partition coefficient (Wildman–Crippen LogP) is 8.10. The van der Waals surface area contributed by atoms with Crippen LogP contribution in [-0.2, 0) is 46.5 Å². The molecule has 18 nitrogen and oxygen atoms in total. The van der Waals surface area contributed by atoms with Crippen LogP contribution in [0.25, 0.3) is 43.9 Å². The van der Waals surface area contributed by atoms with E-state index in [2.05, 4.69) is 73.7 Å². The van der Waals surface area contributed by atoms with Gasteiger partial charge in [0.05, 0.1) is 72.1 Å². The minimum absolute atomic E-state index is 0.0328. The minimum atomic E-state index is -0.991. The number of unbranched alkanes of at least 4 members (excludes halogenated alkanes) is 2. The van der Waals surface area contributed by atoms with E-state index >= 15 is 0 Å². The first-order valence-electron chi connectivity index (χ1n) is 29.7. The zero-order chi connectivity index (χ0) is 60.6. The number of amides is 4. The summed E-state index contributed by atoms with van der Waals surface area (Å²) in [5.41, 5.74) is 11.1. The third kappa shape index (κ3) is 16.4. The van der Waals surface area contributed by atoms with E-state index in [0.717, 1.165) is 91.9 Å². The Morgan fingerprint density at radius 1 is 0.767 bits per heavy atom. The van der Waals surface area contributed by atoms with Crippen molar-refractivity contribution in [2.24, 2.45) is 5.41 Å². The summed E-state index contributed by atoms with van der Waals surface area (Å²) in [5, 5.41) is 39.9. The van der Waals surface area contributed by atoms with Crippen molar-refractivity contribution in [3.05, 3.63) is 149 Å². The van der Waals surface area contributed by atoms with E-state index < -0.39 is 35.4 Å². The number of aliphatic hydroxyl groups excluding tert-OH is 2. The van der Waals surface area contributed by atoms with Crippen molar-refractivity contribution in [1.29, 1.82) is 5.41 Å². The molecule has 6 N–H and O–H groups in total. The number of likely N-dealkylation sites (tertiary alicyclic amines) is 1. The number of nitrogens with zero attached hydrogens (tertiary/aromatic N) is 5. The zero-order valence-electron chi connectivity index (χ0n) is 49.6. The number of ether oxygens (including phenoxy) is 3. The molecule has 3 atom stereocenters. The fraction of sp³-hybridized carbons (Fsp3) is 0.418. The Hall–Kier alpha value is -7.83. The normalized spacial score (nSPS) is 17.2. The number of thiazole rings is 1. The predicted molar refractivity (Wildman–Crippen MR) is 331 cm³/mol. The molecular weight excluding hydrogens is 1110 g/mol. The van der Waals surface area contributed by atoms with Gasteiger partial charge in [-0.05, 0) is 90.8 Å². The Morgan fingerprint density at radius 2 is 1.45 bits per heavy atom. The summed E-state index contributed by atoms with van der Waals surface area (Å²) in [4.78, 5) is 64.9. The van der Waals surface area contributed by atoms with Crippen LogP contribution in [0.5, 0.6) is 0 Å². The number of hydrogen-bond acceptors (Lipinski definition) is 13. The number of aromatic nitrogens is 4. The molecule has 0 spiro atoms. The molecule has 1 aliphatic heterocycles. The molecule has 0 radical (unpaired) electrons. The first-order valence-corrected chi connectivity index (χ1v) is 30.6. The molecule has 2 aliphatic rings. The van der Waals surface area contributed by atoms with E-state index in [4.69, 9.17) is 19.2 Å². The molecule has 4 amide bonds. The van der Waals surface area contributed by atoms with Gasteiger partial charge < -0.3 is 54.4 Å². The molecule has 3 aromatic heterocycles. The summed E-state index contributed by atoms with van der Waals surface area (Å²) in [6.07, 6.45) is 5.95. The van der Waals surface area contributed by atoms with Gasteiger partial charge in [-0.3, -0.25) is 24.6 Å².